The highest BCUT2D eigenvalue weighted by Gasteiger charge is 2.10. The molecule has 2 rings (SSSR count). The molecule has 96 valence electrons. The van der Waals surface area contributed by atoms with Crippen LogP contribution < -0.4 is 5.32 Å². The zero-order valence-electron chi connectivity index (χ0n) is 10.7. The number of aromatic nitrogens is 2. The van der Waals surface area contributed by atoms with Crippen molar-refractivity contribution in [3.63, 3.8) is 0 Å². The Balaban J connectivity index is 2.01. The lowest BCUT2D eigenvalue weighted by atomic mass is 10.4. The maximum Gasteiger partial charge on any atom is 0.266 e. The smallest absolute Gasteiger partial charge is 0.266 e. The quantitative estimate of drug-likeness (QED) is 0.889. The van der Waals surface area contributed by atoms with E-state index in [1.807, 2.05) is 44.1 Å². The fraction of sp³-hybridized carbons (Fsp3) is 0.333. The number of aryl methyl sites for hydroxylation is 1. The van der Waals surface area contributed by atoms with E-state index in [1.165, 1.54) is 11.3 Å². The van der Waals surface area contributed by atoms with Gasteiger partial charge >= 0.3 is 0 Å². The van der Waals surface area contributed by atoms with Crippen LogP contribution >= 0.6 is 11.3 Å². The van der Waals surface area contributed by atoms with Crippen molar-refractivity contribution in [1.82, 2.24) is 15.1 Å². The summed E-state index contributed by atoms with van der Waals surface area (Å²) in [6.07, 6.45) is 0. The molecule has 0 fully saturated rings. The number of rotatable bonds is 4. The van der Waals surface area contributed by atoms with Gasteiger partial charge in [0.1, 0.15) is 0 Å². The van der Waals surface area contributed by atoms with Crippen LogP contribution in [0.15, 0.2) is 18.2 Å². The summed E-state index contributed by atoms with van der Waals surface area (Å²) < 4.78 is 0. The van der Waals surface area contributed by atoms with E-state index < -0.39 is 0 Å². The van der Waals surface area contributed by atoms with Crippen molar-refractivity contribution >= 4 is 23.1 Å². The lowest BCUT2D eigenvalue weighted by Crippen LogP contribution is -2.11. The Hall–Kier alpha value is -1.66. The first-order valence-electron chi connectivity index (χ1n) is 5.61. The van der Waals surface area contributed by atoms with Gasteiger partial charge in [0.05, 0.1) is 10.6 Å². The van der Waals surface area contributed by atoms with Crippen LogP contribution in [-0.2, 0) is 6.54 Å². The molecule has 0 aliphatic carbocycles. The van der Waals surface area contributed by atoms with Gasteiger partial charge in [0.2, 0.25) is 0 Å². The van der Waals surface area contributed by atoms with Gasteiger partial charge in [0.15, 0.2) is 5.82 Å². The second-order valence-corrected chi connectivity index (χ2v) is 5.67. The van der Waals surface area contributed by atoms with Crippen LogP contribution in [0.3, 0.4) is 0 Å². The highest BCUT2D eigenvalue weighted by atomic mass is 32.1. The molecule has 2 N–H and O–H groups in total. The van der Waals surface area contributed by atoms with Gasteiger partial charge in [0.25, 0.3) is 5.91 Å². The van der Waals surface area contributed by atoms with E-state index in [0.717, 1.165) is 17.1 Å². The molecule has 5 nitrogen and oxygen atoms in total. The van der Waals surface area contributed by atoms with Crippen LogP contribution in [0.1, 0.15) is 20.2 Å². The molecular formula is C12H16N4OS. The normalized spacial score (nSPS) is 10.9. The number of nitrogens with zero attached hydrogens (tertiary/aromatic N) is 2. The molecule has 0 aromatic carbocycles. The largest absolute Gasteiger partial charge is 0.304 e. The molecule has 0 aliphatic heterocycles. The summed E-state index contributed by atoms with van der Waals surface area (Å²) in [6.45, 7) is 2.74. The van der Waals surface area contributed by atoms with Gasteiger partial charge < -0.3 is 10.2 Å². The van der Waals surface area contributed by atoms with Crippen molar-refractivity contribution in [2.75, 3.05) is 19.4 Å². The maximum atomic E-state index is 11.9. The third-order valence-electron chi connectivity index (χ3n) is 2.32. The molecule has 2 aromatic heterocycles. The Bertz CT molecular complexity index is 544. The number of H-pyrrole nitrogens is 1. The minimum atomic E-state index is -0.115. The summed E-state index contributed by atoms with van der Waals surface area (Å²) in [4.78, 5) is 15.7. The Kier molecular flexibility index (Phi) is 3.78. The number of hydrogen-bond acceptors (Lipinski definition) is 4. The van der Waals surface area contributed by atoms with Crippen molar-refractivity contribution in [1.29, 1.82) is 0 Å². The van der Waals surface area contributed by atoms with Crippen LogP contribution in [0.2, 0.25) is 0 Å². The van der Waals surface area contributed by atoms with Gasteiger partial charge in [-0.25, -0.2) is 0 Å². The summed E-state index contributed by atoms with van der Waals surface area (Å²) in [7, 11) is 3.96. The third kappa shape index (κ3) is 3.18. The second-order valence-electron chi connectivity index (χ2n) is 4.38. The molecule has 1 amide bonds. The molecule has 0 saturated carbocycles. The number of carbonyl (C=O) groups is 1. The van der Waals surface area contributed by atoms with Gasteiger partial charge in [-0.05, 0) is 33.2 Å². The zero-order valence-corrected chi connectivity index (χ0v) is 11.5. The predicted octanol–water partition coefficient (Wildman–Crippen LogP) is 2.09. The lowest BCUT2D eigenvalue weighted by Gasteiger charge is -2.05. The molecule has 0 radical (unpaired) electrons. The van der Waals surface area contributed by atoms with Gasteiger partial charge in [-0.3, -0.25) is 9.89 Å². The first-order chi connectivity index (χ1) is 8.54. The summed E-state index contributed by atoms with van der Waals surface area (Å²) in [6, 6.07) is 5.60. The molecular weight excluding hydrogens is 248 g/mol. The first kappa shape index (κ1) is 12.8. The Morgan fingerprint density at radius 2 is 2.28 bits per heavy atom. The number of amides is 1. The SMILES string of the molecule is Cc1ccc(C(=O)Nc2cc(CN(C)C)[nH]n2)s1. The topological polar surface area (TPSA) is 61.0 Å². The minimum Gasteiger partial charge on any atom is -0.304 e. The summed E-state index contributed by atoms with van der Waals surface area (Å²) in [5, 5.41) is 9.73. The fourth-order valence-corrected chi connectivity index (χ4v) is 2.34. The van der Waals surface area contributed by atoms with Crippen molar-refractivity contribution in [2.45, 2.75) is 13.5 Å². The number of nitrogens with one attached hydrogen (secondary N) is 2. The molecule has 0 spiro atoms. The molecule has 18 heavy (non-hydrogen) atoms. The van der Waals surface area contributed by atoms with Crippen LogP contribution in [0.5, 0.6) is 0 Å². The van der Waals surface area contributed by atoms with E-state index in [1.54, 1.807) is 0 Å². The summed E-state index contributed by atoms with van der Waals surface area (Å²) >= 11 is 1.47. The van der Waals surface area contributed by atoms with Gasteiger partial charge in [-0.1, -0.05) is 0 Å². The molecule has 0 bridgehead atoms. The number of anilines is 1. The molecule has 0 atom stereocenters. The second kappa shape index (κ2) is 5.32. The van der Waals surface area contributed by atoms with E-state index in [-0.39, 0.29) is 5.91 Å². The average molecular weight is 264 g/mol. The van der Waals surface area contributed by atoms with Crippen LogP contribution in [-0.4, -0.2) is 35.1 Å². The van der Waals surface area contributed by atoms with E-state index >= 15 is 0 Å². The number of thiophene rings is 1. The number of aromatic amines is 1. The molecule has 6 heteroatoms. The minimum absolute atomic E-state index is 0.115. The van der Waals surface area contributed by atoms with Crippen molar-refractivity contribution in [2.24, 2.45) is 0 Å². The Morgan fingerprint density at radius 1 is 1.50 bits per heavy atom. The number of carbonyl (C=O) groups excluding carboxylic acids is 1. The number of hydrogen-bond donors (Lipinski definition) is 2. The summed E-state index contributed by atoms with van der Waals surface area (Å²) in [5.74, 6) is 0.443. The van der Waals surface area contributed by atoms with Gasteiger partial charge in [-0.2, -0.15) is 5.10 Å². The Morgan fingerprint density at radius 3 is 2.89 bits per heavy atom. The highest BCUT2D eigenvalue weighted by Crippen LogP contribution is 2.16. The van der Waals surface area contributed by atoms with Gasteiger partial charge in [-0.15, -0.1) is 11.3 Å². The van der Waals surface area contributed by atoms with Crippen LogP contribution in [0.25, 0.3) is 0 Å². The zero-order chi connectivity index (χ0) is 13.1. The predicted molar refractivity (Wildman–Crippen MR) is 73.0 cm³/mol. The van der Waals surface area contributed by atoms with E-state index in [2.05, 4.69) is 15.5 Å². The van der Waals surface area contributed by atoms with Crippen molar-refractivity contribution in [3.8, 4) is 0 Å². The highest BCUT2D eigenvalue weighted by molar-refractivity contribution is 7.14. The molecule has 0 unspecified atom stereocenters. The first-order valence-corrected chi connectivity index (χ1v) is 6.43. The van der Waals surface area contributed by atoms with Crippen molar-refractivity contribution in [3.05, 3.63) is 33.6 Å². The standard InChI is InChI=1S/C12H16N4OS/c1-8-4-5-10(18-8)12(17)13-11-6-9(14-15-11)7-16(2)3/h4-6H,7H2,1-3H3,(H2,13,14,15,17). The molecule has 0 saturated heterocycles. The average Bonchev–Trinajstić information content (AvgIpc) is 2.87. The Labute approximate surface area is 110 Å². The monoisotopic (exact) mass is 264 g/mol. The molecule has 2 aromatic rings. The fourth-order valence-electron chi connectivity index (χ4n) is 1.58. The van der Waals surface area contributed by atoms with Gasteiger partial charge in [0, 0.05) is 17.5 Å². The summed E-state index contributed by atoms with van der Waals surface area (Å²) in [5.41, 5.74) is 0.970. The maximum absolute atomic E-state index is 11.9. The van der Waals surface area contributed by atoms with Crippen molar-refractivity contribution < 1.29 is 4.79 Å². The van der Waals surface area contributed by atoms with E-state index in [9.17, 15) is 4.79 Å². The van der Waals surface area contributed by atoms with Crippen LogP contribution in [0, 0.1) is 6.92 Å². The molecule has 0 aliphatic rings. The van der Waals surface area contributed by atoms with Crippen LogP contribution in [0.4, 0.5) is 5.82 Å². The van der Waals surface area contributed by atoms with E-state index in [0.29, 0.717) is 10.7 Å². The third-order valence-corrected chi connectivity index (χ3v) is 3.32. The van der Waals surface area contributed by atoms with E-state index in [4.69, 9.17) is 0 Å². The lowest BCUT2D eigenvalue weighted by molar-refractivity contribution is 0.103. The molecule has 2 heterocycles.